The maximum absolute atomic E-state index is 10.4. The van der Waals surface area contributed by atoms with Gasteiger partial charge in [0.15, 0.2) is 0 Å². The molecule has 0 spiro atoms. The highest BCUT2D eigenvalue weighted by molar-refractivity contribution is 5.66. The number of carboxylic acid groups (broad SMARTS) is 1. The second kappa shape index (κ2) is 15.6. The molecule has 0 bridgehead atoms. The molecule has 1 N–H and O–H groups in total. The summed E-state index contributed by atoms with van der Waals surface area (Å²) in [6.07, 6.45) is 20.0. The Bertz CT molecular complexity index is 258. The number of carboxylic acids is 1. The van der Waals surface area contributed by atoms with Gasteiger partial charge in [0.25, 0.3) is 0 Å². The monoisotopic (exact) mass is 296 g/mol. The van der Waals surface area contributed by atoms with Crippen molar-refractivity contribution in [2.75, 3.05) is 0 Å². The van der Waals surface area contributed by atoms with Gasteiger partial charge in [0.2, 0.25) is 0 Å². The quantitative estimate of drug-likeness (QED) is 0.282. The maximum atomic E-state index is 10.4. The van der Waals surface area contributed by atoms with Gasteiger partial charge in [-0.1, -0.05) is 77.4 Å². The highest BCUT2D eigenvalue weighted by atomic mass is 16.4. The molecule has 0 aliphatic rings. The first kappa shape index (κ1) is 20.2. The molecule has 2 heteroatoms. The fourth-order valence-electron chi connectivity index (χ4n) is 2.56. The molecule has 0 heterocycles. The van der Waals surface area contributed by atoms with Crippen LogP contribution in [0.3, 0.4) is 0 Å². The van der Waals surface area contributed by atoms with Crippen LogP contribution in [0.25, 0.3) is 0 Å². The Balaban J connectivity index is 3.24. The molecule has 0 aliphatic carbocycles. The van der Waals surface area contributed by atoms with Gasteiger partial charge < -0.3 is 5.11 Å². The van der Waals surface area contributed by atoms with E-state index in [0.29, 0.717) is 6.42 Å². The van der Waals surface area contributed by atoms with Gasteiger partial charge in [-0.2, -0.15) is 0 Å². The minimum atomic E-state index is -0.660. The number of hydrogen-bond donors (Lipinski definition) is 1. The highest BCUT2D eigenvalue weighted by Crippen LogP contribution is 2.14. The van der Waals surface area contributed by atoms with Gasteiger partial charge in [0.1, 0.15) is 0 Å². The van der Waals surface area contributed by atoms with Gasteiger partial charge in [0.05, 0.1) is 0 Å². The number of unbranched alkanes of at least 4 members (excludes halogenated alkanes) is 9. The summed E-state index contributed by atoms with van der Waals surface area (Å²) in [7, 11) is 0. The summed E-state index contributed by atoms with van der Waals surface area (Å²) in [4.78, 5) is 10.4. The molecule has 0 aliphatic heterocycles. The molecule has 0 aromatic heterocycles. The lowest BCUT2D eigenvalue weighted by Crippen LogP contribution is -1.93. The van der Waals surface area contributed by atoms with Crippen LogP contribution in [0.5, 0.6) is 0 Å². The largest absolute Gasteiger partial charge is 0.481 e. The highest BCUT2D eigenvalue weighted by Gasteiger charge is 1.98. The average molecular weight is 296 g/mol. The topological polar surface area (TPSA) is 37.3 Å². The van der Waals surface area contributed by atoms with E-state index in [-0.39, 0.29) is 0 Å². The zero-order valence-corrected chi connectivity index (χ0v) is 14.3. The van der Waals surface area contributed by atoms with E-state index >= 15 is 0 Å². The molecule has 0 aromatic carbocycles. The Morgan fingerprint density at radius 2 is 1.57 bits per heavy atom. The van der Waals surface area contributed by atoms with E-state index in [4.69, 9.17) is 5.11 Å². The number of allylic oxidation sites excluding steroid dienone is 2. The van der Waals surface area contributed by atoms with Crippen molar-refractivity contribution in [3.8, 4) is 0 Å². The van der Waals surface area contributed by atoms with E-state index in [2.05, 4.69) is 26.0 Å². The lowest BCUT2D eigenvalue weighted by molar-refractivity contribution is -0.137. The molecule has 0 aromatic rings. The van der Waals surface area contributed by atoms with Gasteiger partial charge in [-0.3, -0.25) is 4.79 Å². The van der Waals surface area contributed by atoms with Crippen molar-refractivity contribution < 1.29 is 9.90 Å². The molecule has 0 saturated heterocycles. The second-order valence-electron chi connectivity index (χ2n) is 6.31. The van der Waals surface area contributed by atoms with Crippen molar-refractivity contribution in [1.29, 1.82) is 0 Å². The minimum Gasteiger partial charge on any atom is -0.481 e. The van der Waals surface area contributed by atoms with E-state index < -0.39 is 5.97 Å². The minimum absolute atomic E-state index is 0.335. The van der Waals surface area contributed by atoms with Crippen LogP contribution in [0.1, 0.15) is 97.3 Å². The van der Waals surface area contributed by atoms with Crippen LogP contribution >= 0.6 is 0 Å². The summed E-state index contributed by atoms with van der Waals surface area (Å²) < 4.78 is 0. The molecule has 0 amide bonds. The zero-order chi connectivity index (χ0) is 15.8. The summed E-state index contributed by atoms with van der Waals surface area (Å²) in [5, 5.41) is 8.54. The van der Waals surface area contributed by atoms with Gasteiger partial charge in [0, 0.05) is 6.42 Å². The van der Waals surface area contributed by atoms with Gasteiger partial charge in [-0.15, -0.1) is 0 Å². The average Bonchev–Trinajstić information content (AvgIpc) is 2.45. The fourth-order valence-corrected chi connectivity index (χ4v) is 2.56. The predicted molar refractivity (Wildman–Crippen MR) is 91.6 cm³/mol. The van der Waals surface area contributed by atoms with E-state index in [1.165, 1.54) is 64.2 Å². The summed E-state index contributed by atoms with van der Waals surface area (Å²) >= 11 is 0. The summed E-state index contributed by atoms with van der Waals surface area (Å²) in [5.74, 6) is 0.0638. The van der Waals surface area contributed by atoms with Crippen molar-refractivity contribution in [2.45, 2.75) is 97.3 Å². The summed E-state index contributed by atoms with van der Waals surface area (Å²) in [6.45, 7) is 4.57. The Labute approximate surface area is 132 Å². The molecule has 0 saturated carbocycles. The zero-order valence-electron chi connectivity index (χ0n) is 14.3. The molecule has 0 radical (unpaired) electrons. The Hall–Kier alpha value is -0.790. The Morgan fingerprint density at radius 3 is 2.19 bits per heavy atom. The Kier molecular flexibility index (Phi) is 15.0. The van der Waals surface area contributed by atoms with Crippen LogP contribution in [0.4, 0.5) is 0 Å². The number of hydrogen-bond acceptors (Lipinski definition) is 1. The van der Waals surface area contributed by atoms with Crippen molar-refractivity contribution >= 4 is 5.97 Å². The number of aliphatic carboxylic acids is 1. The third-order valence-electron chi connectivity index (χ3n) is 3.99. The van der Waals surface area contributed by atoms with Crippen LogP contribution in [0.2, 0.25) is 0 Å². The third kappa shape index (κ3) is 17.2. The van der Waals surface area contributed by atoms with Crippen molar-refractivity contribution in [2.24, 2.45) is 5.92 Å². The molecule has 124 valence electrons. The molecule has 2 nitrogen and oxygen atoms in total. The van der Waals surface area contributed by atoms with E-state index in [9.17, 15) is 4.79 Å². The van der Waals surface area contributed by atoms with Crippen LogP contribution in [0, 0.1) is 5.92 Å². The van der Waals surface area contributed by atoms with Gasteiger partial charge in [-0.05, 0) is 31.6 Å². The molecule has 21 heavy (non-hydrogen) atoms. The molecular formula is C19H36O2. The first-order valence-corrected chi connectivity index (χ1v) is 9.05. The van der Waals surface area contributed by atoms with Gasteiger partial charge in [-0.25, -0.2) is 0 Å². The van der Waals surface area contributed by atoms with Crippen LogP contribution in [0.15, 0.2) is 12.2 Å². The molecule has 0 rings (SSSR count). The van der Waals surface area contributed by atoms with E-state index in [0.717, 1.165) is 18.8 Å². The van der Waals surface area contributed by atoms with Crippen LogP contribution in [-0.2, 0) is 4.79 Å². The van der Waals surface area contributed by atoms with E-state index in [1.54, 1.807) is 0 Å². The van der Waals surface area contributed by atoms with Crippen LogP contribution < -0.4 is 0 Å². The molecule has 0 fully saturated rings. The standard InChI is InChI=1S/C19H36O2/c1-3-4-5-9-12-15-18(2)16-13-10-7-6-8-11-14-17-19(20)21/h12,15,18H,3-11,13-14,16-17H2,1-2H3,(H,20,21). The lowest BCUT2D eigenvalue weighted by Gasteiger charge is -2.06. The smallest absolute Gasteiger partial charge is 0.303 e. The number of carbonyl (C=O) groups is 1. The summed E-state index contributed by atoms with van der Waals surface area (Å²) in [6, 6.07) is 0. The normalized spacial score (nSPS) is 12.9. The van der Waals surface area contributed by atoms with E-state index in [1.807, 2.05) is 0 Å². The summed E-state index contributed by atoms with van der Waals surface area (Å²) in [5.41, 5.74) is 0. The lowest BCUT2D eigenvalue weighted by atomic mass is 10.0. The predicted octanol–water partition coefficient (Wildman–Crippen LogP) is 6.35. The van der Waals surface area contributed by atoms with Gasteiger partial charge >= 0.3 is 5.97 Å². The maximum Gasteiger partial charge on any atom is 0.303 e. The molecule has 1 unspecified atom stereocenters. The molecular weight excluding hydrogens is 260 g/mol. The third-order valence-corrected chi connectivity index (χ3v) is 3.99. The van der Waals surface area contributed by atoms with Crippen molar-refractivity contribution in [3.63, 3.8) is 0 Å². The van der Waals surface area contributed by atoms with Crippen LogP contribution in [-0.4, -0.2) is 11.1 Å². The van der Waals surface area contributed by atoms with Crippen molar-refractivity contribution in [1.82, 2.24) is 0 Å². The fraction of sp³-hybridized carbons (Fsp3) is 0.842. The Morgan fingerprint density at radius 1 is 0.952 bits per heavy atom. The number of rotatable bonds is 15. The second-order valence-corrected chi connectivity index (χ2v) is 6.31. The first-order chi connectivity index (χ1) is 10.2. The van der Waals surface area contributed by atoms with Crippen molar-refractivity contribution in [3.05, 3.63) is 12.2 Å². The first-order valence-electron chi connectivity index (χ1n) is 9.05. The molecule has 1 atom stereocenters. The SMILES string of the molecule is CCCCCC=CC(C)CCCCCCCCCC(=O)O.